The molecule has 1 fully saturated rings. The zero-order valence-corrected chi connectivity index (χ0v) is 13.4. The lowest BCUT2D eigenvalue weighted by Gasteiger charge is -2.09. The van der Waals surface area contributed by atoms with Gasteiger partial charge in [0.1, 0.15) is 0 Å². The van der Waals surface area contributed by atoms with E-state index in [-0.39, 0.29) is 18.3 Å². The minimum atomic E-state index is -0.835. The van der Waals surface area contributed by atoms with Crippen molar-refractivity contribution in [3.63, 3.8) is 0 Å². The minimum absolute atomic E-state index is 0. The van der Waals surface area contributed by atoms with Gasteiger partial charge in [-0.05, 0) is 62.4 Å². The molecule has 3 nitrogen and oxygen atoms in total. The van der Waals surface area contributed by atoms with Gasteiger partial charge >= 0.3 is 0 Å². The van der Waals surface area contributed by atoms with Gasteiger partial charge in [0, 0.05) is 13.0 Å². The van der Waals surface area contributed by atoms with Gasteiger partial charge in [-0.15, -0.1) is 12.4 Å². The van der Waals surface area contributed by atoms with Crippen molar-refractivity contribution in [1.82, 2.24) is 10.6 Å². The SMILES string of the molecule is Cl.O=C(CCCc1ccc(F)c(F)c1)NCCC1CCNC1. The van der Waals surface area contributed by atoms with Crippen LogP contribution in [0.2, 0.25) is 0 Å². The van der Waals surface area contributed by atoms with Gasteiger partial charge in [-0.25, -0.2) is 8.78 Å². The number of halogens is 3. The van der Waals surface area contributed by atoms with Gasteiger partial charge in [0.05, 0.1) is 0 Å². The number of hydrogen-bond donors (Lipinski definition) is 2. The van der Waals surface area contributed by atoms with Crippen molar-refractivity contribution in [2.45, 2.75) is 32.1 Å². The summed E-state index contributed by atoms with van der Waals surface area (Å²) in [7, 11) is 0. The van der Waals surface area contributed by atoms with E-state index in [2.05, 4.69) is 10.6 Å². The van der Waals surface area contributed by atoms with Crippen LogP contribution in [0.4, 0.5) is 8.78 Å². The second-order valence-electron chi connectivity index (χ2n) is 5.60. The third-order valence-corrected chi connectivity index (χ3v) is 3.89. The molecule has 0 aromatic heterocycles. The second kappa shape index (κ2) is 9.74. The molecule has 1 aliphatic rings. The molecular weight excluding hydrogens is 310 g/mol. The zero-order chi connectivity index (χ0) is 15.1. The van der Waals surface area contributed by atoms with Crippen LogP contribution in [0.3, 0.4) is 0 Å². The Balaban J connectivity index is 0.00000242. The highest BCUT2D eigenvalue weighted by Gasteiger charge is 2.14. The molecule has 2 rings (SSSR count). The standard InChI is InChI=1S/C16H22F2N2O.ClH/c17-14-5-4-12(10-15(14)18)2-1-3-16(21)20-9-7-13-6-8-19-11-13;/h4-5,10,13,19H,1-3,6-9,11H2,(H,20,21);1H. The number of carbonyl (C=O) groups is 1. The van der Waals surface area contributed by atoms with Crippen molar-refractivity contribution in [3.8, 4) is 0 Å². The van der Waals surface area contributed by atoms with Crippen molar-refractivity contribution in [2.24, 2.45) is 5.92 Å². The van der Waals surface area contributed by atoms with Crippen molar-refractivity contribution in [2.75, 3.05) is 19.6 Å². The second-order valence-corrected chi connectivity index (χ2v) is 5.60. The first-order valence-electron chi connectivity index (χ1n) is 7.56. The lowest BCUT2D eigenvalue weighted by atomic mass is 10.1. The molecule has 6 heteroatoms. The number of benzene rings is 1. The third-order valence-electron chi connectivity index (χ3n) is 3.89. The summed E-state index contributed by atoms with van der Waals surface area (Å²) < 4.78 is 25.8. The summed E-state index contributed by atoms with van der Waals surface area (Å²) in [6.45, 7) is 2.84. The van der Waals surface area contributed by atoms with Crippen LogP contribution in [-0.2, 0) is 11.2 Å². The predicted octanol–water partition coefficient (Wildman–Crippen LogP) is 2.83. The maximum atomic E-state index is 13.0. The van der Waals surface area contributed by atoms with E-state index in [9.17, 15) is 13.6 Å². The van der Waals surface area contributed by atoms with Crippen LogP contribution in [0.15, 0.2) is 18.2 Å². The maximum absolute atomic E-state index is 13.0. The van der Waals surface area contributed by atoms with Gasteiger partial charge in [-0.1, -0.05) is 6.07 Å². The fraction of sp³-hybridized carbons (Fsp3) is 0.562. The molecule has 0 radical (unpaired) electrons. The number of rotatable bonds is 7. The molecule has 1 unspecified atom stereocenters. The van der Waals surface area contributed by atoms with Crippen LogP contribution < -0.4 is 10.6 Å². The molecule has 0 aliphatic carbocycles. The van der Waals surface area contributed by atoms with E-state index in [0.717, 1.165) is 37.7 Å². The number of carbonyl (C=O) groups excluding carboxylic acids is 1. The summed E-state index contributed by atoms with van der Waals surface area (Å²) >= 11 is 0. The summed E-state index contributed by atoms with van der Waals surface area (Å²) in [5, 5.41) is 6.22. The lowest BCUT2D eigenvalue weighted by Crippen LogP contribution is -2.26. The van der Waals surface area contributed by atoms with Crippen LogP contribution >= 0.6 is 12.4 Å². The predicted molar refractivity (Wildman–Crippen MR) is 85.1 cm³/mol. The van der Waals surface area contributed by atoms with Crippen LogP contribution in [0.1, 0.15) is 31.2 Å². The molecule has 1 atom stereocenters. The number of nitrogens with one attached hydrogen (secondary N) is 2. The van der Waals surface area contributed by atoms with Crippen molar-refractivity contribution in [3.05, 3.63) is 35.4 Å². The molecule has 1 aromatic carbocycles. The maximum Gasteiger partial charge on any atom is 0.220 e. The molecule has 22 heavy (non-hydrogen) atoms. The van der Waals surface area contributed by atoms with Crippen molar-refractivity contribution in [1.29, 1.82) is 0 Å². The molecule has 0 saturated carbocycles. The smallest absolute Gasteiger partial charge is 0.220 e. The Bertz CT molecular complexity index is 479. The van der Waals surface area contributed by atoms with Gasteiger partial charge < -0.3 is 10.6 Å². The van der Waals surface area contributed by atoms with Crippen molar-refractivity contribution < 1.29 is 13.6 Å². The molecular formula is C16H23ClF2N2O. The average Bonchev–Trinajstić information content (AvgIpc) is 2.96. The Morgan fingerprint density at radius 2 is 2.14 bits per heavy atom. The highest BCUT2D eigenvalue weighted by atomic mass is 35.5. The highest BCUT2D eigenvalue weighted by Crippen LogP contribution is 2.12. The fourth-order valence-electron chi connectivity index (χ4n) is 2.61. The monoisotopic (exact) mass is 332 g/mol. The molecule has 1 aromatic rings. The Kier molecular flexibility index (Phi) is 8.35. The first-order valence-corrected chi connectivity index (χ1v) is 7.56. The lowest BCUT2D eigenvalue weighted by molar-refractivity contribution is -0.121. The van der Waals surface area contributed by atoms with E-state index in [4.69, 9.17) is 0 Å². The zero-order valence-electron chi connectivity index (χ0n) is 12.5. The van der Waals surface area contributed by atoms with Gasteiger partial charge in [-0.2, -0.15) is 0 Å². The summed E-state index contributed by atoms with van der Waals surface area (Å²) in [4.78, 5) is 11.7. The first-order chi connectivity index (χ1) is 10.1. The van der Waals surface area contributed by atoms with E-state index >= 15 is 0 Å². The average molecular weight is 333 g/mol. The van der Waals surface area contributed by atoms with E-state index in [1.165, 1.54) is 12.5 Å². The highest BCUT2D eigenvalue weighted by molar-refractivity contribution is 5.85. The Hall–Kier alpha value is -1.20. The summed E-state index contributed by atoms with van der Waals surface area (Å²) in [5.74, 6) is -0.962. The molecule has 124 valence electrons. The van der Waals surface area contributed by atoms with Crippen LogP contribution in [0.5, 0.6) is 0 Å². The Morgan fingerprint density at radius 3 is 2.82 bits per heavy atom. The van der Waals surface area contributed by atoms with E-state index < -0.39 is 11.6 Å². The molecule has 1 heterocycles. The molecule has 1 aliphatic heterocycles. The van der Waals surface area contributed by atoms with E-state index in [0.29, 0.717) is 25.2 Å². The number of amides is 1. The van der Waals surface area contributed by atoms with Gasteiger partial charge in [-0.3, -0.25) is 4.79 Å². The quantitative estimate of drug-likeness (QED) is 0.806. The van der Waals surface area contributed by atoms with Crippen molar-refractivity contribution >= 4 is 18.3 Å². The number of hydrogen-bond acceptors (Lipinski definition) is 2. The molecule has 2 N–H and O–H groups in total. The normalized spacial score (nSPS) is 17.1. The first kappa shape index (κ1) is 18.8. The Labute approximate surface area is 136 Å². The van der Waals surface area contributed by atoms with Gasteiger partial charge in [0.2, 0.25) is 5.91 Å². The number of aryl methyl sites for hydroxylation is 1. The van der Waals surface area contributed by atoms with Crippen LogP contribution in [0, 0.1) is 17.6 Å². The van der Waals surface area contributed by atoms with E-state index in [1.54, 1.807) is 6.07 Å². The third kappa shape index (κ3) is 6.28. The Morgan fingerprint density at radius 1 is 1.32 bits per heavy atom. The largest absolute Gasteiger partial charge is 0.356 e. The van der Waals surface area contributed by atoms with E-state index in [1.807, 2.05) is 0 Å². The summed E-state index contributed by atoms with van der Waals surface area (Å²) in [6.07, 6.45) is 3.84. The van der Waals surface area contributed by atoms with Gasteiger partial charge in [0.25, 0.3) is 0 Å². The molecule has 0 spiro atoms. The molecule has 1 saturated heterocycles. The fourth-order valence-corrected chi connectivity index (χ4v) is 2.61. The van der Waals surface area contributed by atoms with Gasteiger partial charge in [0.15, 0.2) is 11.6 Å². The summed E-state index contributed by atoms with van der Waals surface area (Å²) in [5.41, 5.74) is 0.721. The molecule has 1 amide bonds. The minimum Gasteiger partial charge on any atom is -0.356 e. The molecule has 0 bridgehead atoms. The topological polar surface area (TPSA) is 41.1 Å². The van der Waals surface area contributed by atoms with Crippen LogP contribution in [0.25, 0.3) is 0 Å². The summed E-state index contributed by atoms with van der Waals surface area (Å²) in [6, 6.07) is 3.88. The van der Waals surface area contributed by atoms with Crippen LogP contribution in [-0.4, -0.2) is 25.5 Å².